The molecule has 1 aliphatic carbocycles. The molecular weight excluding hydrogens is 901 g/mol. The van der Waals surface area contributed by atoms with Crippen LogP contribution in [0.15, 0.2) is 153 Å². The molecule has 69 heavy (non-hydrogen) atoms. The van der Waals surface area contributed by atoms with Crippen LogP contribution in [0.5, 0.6) is 0 Å². The van der Waals surface area contributed by atoms with Crippen molar-refractivity contribution in [2.45, 2.75) is 106 Å². The molecule has 4 aliphatic rings. The molecule has 0 saturated carbocycles. The molecule has 0 spiro atoms. The molecular formula is C57H61N4O6S2+. The van der Waals surface area contributed by atoms with Crippen molar-refractivity contribution < 1.29 is 32.2 Å². The monoisotopic (exact) mass is 961 g/mol. The van der Waals surface area contributed by atoms with Gasteiger partial charge in [0.05, 0.1) is 10.3 Å². The third-order valence-corrected chi connectivity index (χ3v) is 17.4. The van der Waals surface area contributed by atoms with Gasteiger partial charge in [0, 0.05) is 89.6 Å². The maximum absolute atomic E-state index is 13.5. The van der Waals surface area contributed by atoms with Gasteiger partial charge in [0.25, 0.3) is 11.8 Å². The number of benzene rings is 5. The third-order valence-electron chi connectivity index (χ3n) is 14.3. The predicted molar refractivity (Wildman–Crippen MR) is 277 cm³/mol. The fraction of sp³-hybridized carbons (Fsp3) is 0.333. The Hall–Kier alpha value is -6.08. The van der Waals surface area contributed by atoms with Crippen molar-refractivity contribution in [2.24, 2.45) is 0 Å². The summed E-state index contributed by atoms with van der Waals surface area (Å²) in [6.45, 7) is 9.87. The maximum atomic E-state index is 13.5. The first-order valence-corrected chi connectivity index (χ1v) is 26.3. The molecule has 356 valence electrons. The van der Waals surface area contributed by atoms with Gasteiger partial charge < -0.3 is 9.74 Å². The van der Waals surface area contributed by atoms with Gasteiger partial charge in [-0.3, -0.25) is 9.59 Å². The van der Waals surface area contributed by atoms with Crippen molar-refractivity contribution in [3.8, 4) is 0 Å². The Bertz CT molecular complexity index is 3180. The molecule has 1 fully saturated rings. The average Bonchev–Trinajstić information content (AvgIpc) is 3.84. The van der Waals surface area contributed by atoms with Gasteiger partial charge in [-0.25, -0.2) is 17.5 Å². The van der Waals surface area contributed by atoms with E-state index in [4.69, 9.17) is 4.84 Å². The smallest absolute Gasteiger partial charge is 0.333 e. The van der Waals surface area contributed by atoms with E-state index in [0.717, 1.165) is 66.4 Å². The number of thioether (sulfide) groups is 1. The topological polar surface area (TPSA) is 107 Å². The largest absolute Gasteiger partial charge is 0.344 e. The molecule has 5 aromatic carbocycles. The maximum Gasteiger partial charge on any atom is 0.333 e. The summed E-state index contributed by atoms with van der Waals surface area (Å²) in [6, 6.07) is 33.3. The Morgan fingerprint density at radius 2 is 1.48 bits per heavy atom. The summed E-state index contributed by atoms with van der Waals surface area (Å²) in [7, 11) is 1.60. The number of anilines is 1. The van der Waals surface area contributed by atoms with Crippen LogP contribution in [0.3, 0.4) is 0 Å². The standard InChI is InChI=1S/C57H61N4O6S2/c1-56(2)48(59(7)45-32-30-43-44(54(45)56)24-17-25-47(43)69(65,66)58(5)6)33-28-39-19-16-20-40(55(39)68-41-21-10-8-11-22-41)29-34-49-57(3,4)53-42-23-14-13-18-38(42)27-31-46(53)60(49)37-15-9-12-26-52(64)67-61-50(62)35-36-51(61)63/h8,10-11,13-14,17-18,21-25,27-34H,9,12,15-16,19-20,26,35-37H2,1-7H3/q+1. The van der Waals surface area contributed by atoms with Gasteiger partial charge >= 0.3 is 5.97 Å². The van der Waals surface area contributed by atoms with Gasteiger partial charge in [-0.1, -0.05) is 105 Å². The molecule has 9 rings (SSSR count). The molecule has 2 amide bonds. The van der Waals surface area contributed by atoms with Crippen molar-refractivity contribution in [3.05, 3.63) is 154 Å². The lowest BCUT2D eigenvalue weighted by atomic mass is 9.78. The second-order valence-electron chi connectivity index (χ2n) is 19.7. The summed E-state index contributed by atoms with van der Waals surface area (Å²) in [4.78, 5) is 46.9. The Balaban J connectivity index is 1.05. The van der Waals surface area contributed by atoms with Gasteiger partial charge in [-0.05, 0) is 115 Å². The normalized spacial score (nSPS) is 19.1. The van der Waals surface area contributed by atoms with Crippen molar-refractivity contribution in [1.29, 1.82) is 0 Å². The number of rotatable bonds is 14. The summed E-state index contributed by atoms with van der Waals surface area (Å²) in [5.74, 6) is -1.49. The van der Waals surface area contributed by atoms with Crippen LogP contribution >= 0.6 is 11.8 Å². The summed E-state index contributed by atoms with van der Waals surface area (Å²) in [6.07, 6.45) is 14.6. The van der Waals surface area contributed by atoms with Crippen LogP contribution in [-0.4, -0.2) is 73.5 Å². The van der Waals surface area contributed by atoms with E-state index >= 15 is 0 Å². The molecule has 0 unspecified atom stereocenters. The highest BCUT2D eigenvalue weighted by Crippen LogP contribution is 2.52. The Kier molecular flexibility index (Phi) is 13.2. The first kappa shape index (κ1) is 48.0. The molecule has 5 aromatic rings. The first-order chi connectivity index (χ1) is 33.0. The number of hydrogen-bond acceptors (Lipinski definition) is 8. The molecule has 0 N–H and O–H groups in total. The number of fused-ring (bicyclic) bond motifs is 6. The minimum absolute atomic E-state index is 0.0744. The van der Waals surface area contributed by atoms with Gasteiger partial charge in [-0.15, -0.1) is 5.06 Å². The zero-order chi connectivity index (χ0) is 48.8. The van der Waals surface area contributed by atoms with Crippen LogP contribution in [0.25, 0.3) is 21.5 Å². The number of carbonyl (C=O) groups excluding carboxylic acids is 3. The third kappa shape index (κ3) is 8.91. The minimum Gasteiger partial charge on any atom is -0.344 e. The van der Waals surface area contributed by atoms with Gasteiger partial charge in [0.1, 0.15) is 7.05 Å². The number of carbonyl (C=O) groups is 3. The molecule has 0 bridgehead atoms. The van der Waals surface area contributed by atoms with Crippen molar-refractivity contribution >= 4 is 78.2 Å². The lowest BCUT2D eigenvalue weighted by Gasteiger charge is -2.28. The Labute approximate surface area is 410 Å². The van der Waals surface area contributed by atoms with Crippen LogP contribution in [0, 0.1) is 0 Å². The van der Waals surface area contributed by atoms with Gasteiger partial charge in [-0.2, -0.15) is 4.58 Å². The molecule has 0 atom stereocenters. The molecule has 3 aliphatic heterocycles. The number of amides is 2. The lowest BCUT2D eigenvalue weighted by molar-refractivity contribution is -0.401. The predicted octanol–water partition coefficient (Wildman–Crippen LogP) is 11.8. The Morgan fingerprint density at radius 1 is 0.754 bits per heavy atom. The van der Waals surface area contributed by atoms with Gasteiger partial charge in [0.2, 0.25) is 15.7 Å². The fourth-order valence-electron chi connectivity index (χ4n) is 10.8. The van der Waals surface area contributed by atoms with E-state index in [0.29, 0.717) is 16.4 Å². The van der Waals surface area contributed by atoms with Gasteiger partial charge in [0.15, 0.2) is 5.71 Å². The molecule has 10 nitrogen and oxygen atoms in total. The number of nitrogens with zero attached hydrogens (tertiary/aromatic N) is 4. The zero-order valence-corrected chi connectivity index (χ0v) is 42.3. The highest BCUT2D eigenvalue weighted by atomic mass is 32.2. The van der Waals surface area contributed by atoms with Crippen molar-refractivity contribution in [2.75, 3.05) is 32.6 Å². The number of allylic oxidation sites excluding steroid dienone is 7. The SMILES string of the molecule is CN(C)S(=O)(=O)c1cccc2c3c(ccc12)[N+](C)=C(/C=C/C1=C(Sc2ccccc2)C(=C/C=C2/N(CCCCCC(=O)ON4C(=O)CCC4=O)c4ccc5ccccc5c4C2(C)C)/CCC1)C3(C)C. The number of imide groups is 1. The van der Waals surface area contributed by atoms with E-state index in [2.05, 4.69) is 141 Å². The van der Waals surface area contributed by atoms with Crippen LogP contribution in [-0.2, 0) is 40.1 Å². The second kappa shape index (κ2) is 19.0. The van der Waals surface area contributed by atoms with E-state index in [1.54, 1.807) is 20.2 Å². The zero-order valence-electron chi connectivity index (χ0n) is 40.7. The molecule has 3 heterocycles. The molecule has 0 aromatic heterocycles. The number of hydrogen-bond donors (Lipinski definition) is 0. The molecule has 1 saturated heterocycles. The van der Waals surface area contributed by atoms with E-state index in [-0.39, 0.29) is 24.7 Å². The summed E-state index contributed by atoms with van der Waals surface area (Å²) < 4.78 is 30.5. The number of unbranched alkanes of at least 4 members (excludes halogenated alkanes) is 2. The molecule has 12 heteroatoms. The summed E-state index contributed by atoms with van der Waals surface area (Å²) >= 11 is 1.82. The fourth-order valence-corrected chi connectivity index (χ4v) is 13.0. The number of sulfonamides is 1. The lowest BCUT2D eigenvalue weighted by Crippen LogP contribution is -2.32. The van der Waals surface area contributed by atoms with Crippen molar-refractivity contribution in [3.63, 3.8) is 0 Å². The molecule has 0 radical (unpaired) electrons. The Morgan fingerprint density at radius 3 is 2.23 bits per heavy atom. The highest BCUT2D eigenvalue weighted by molar-refractivity contribution is 8.03. The highest BCUT2D eigenvalue weighted by Gasteiger charge is 2.45. The van der Waals surface area contributed by atoms with Crippen LogP contribution in [0.1, 0.15) is 96.6 Å². The summed E-state index contributed by atoms with van der Waals surface area (Å²) in [5.41, 5.74) is 8.90. The van der Waals surface area contributed by atoms with E-state index in [9.17, 15) is 22.8 Å². The number of hydroxylamine groups is 2. The van der Waals surface area contributed by atoms with Crippen LogP contribution in [0.2, 0.25) is 0 Å². The van der Waals surface area contributed by atoms with Crippen LogP contribution < -0.4 is 4.90 Å². The second-order valence-corrected chi connectivity index (χ2v) is 22.9. The van der Waals surface area contributed by atoms with E-state index < -0.39 is 33.2 Å². The minimum atomic E-state index is -3.66. The van der Waals surface area contributed by atoms with Crippen molar-refractivity contribution in [1.82, 2.24) is 9.37 Å². The van der Waals surface area contributed by atoms with E-state index in [1.807, 2.05) is 30.0 Å². The average molecular weight is 962 g/mol. The summed E-state index contributed by atoms with van der Waals surface area (Å²) in [5, 5.41) is 4.75. The van der Waals surface area contributed by atoms with E-state index in [1.165, 1.54) is 53.0 Å². The van der Waals surface area contributed by atoms with Crippen LogP contribution in [0.4, 0.5) is 11.4 Å². The quantitative estimate of drug-likeness (QED) is 0.0615. The first-order valence-electron chi connectivity index (χ1n) is 24.0.